The summed E-state index contributed by atoms with van der Waals surface area (Å²) in [6, 6.07) is 7.36. The lowest BCUT2D eigenvalue weighted by Crippen LogP contribution is -2.40. The second-order valence-corrected chi connectivity index (χ2v) is 11.2. The highest BCUT2D eigenvalue weighted by molar-refractivity contribution is 7.20. The van der Waals surface area contributed by atoms with Crippen LogP contribution in [-0.4, -0.2) is 81.9 Å². The SMILES string of the molecule is COCCN1CCC(Nc2cccc3c(CC(F)(F)F)c(C#CCNc4cc(F)c(NCCO)cc4OC(F)F)sc23)CC1. The third kappa shape index (κ3) is 9.31. The molecular formula is C30H34F6N4O3S. The molecule has 44 heavy (non-hydrogen) atoms. The number of likely N-dealkylation sites (tertiary alicyclic amines) is 1. The van der Waals surface area contributed by atoms with E-state index < -0.39 is 25.0 Å². The Balaban J connectivity index is 1.54. The van der Waals surface area contributed by atoms with E-state index in [-0.39, 0.29) is 53.3 Å². The molecule has 4 rings (SSSR count). The molecule has 0 amide bonds. The average Bonchev–Trinajstić information content (AvgIpc) is 3.31. The number of methoxy groups -OCH3 is 1. The normalized spacial score (nSPS) is 14.5. The molecule has 2 heterocycles. The minimum absolute atomic E-state index is 0.00983. The van der Waals surface area contributed by atoms with Gasteiger partial charge in [0.05, 0.1) is 52.8 Å². The number of thiophene rings is 1. The van der Waals surface area contributed by atoms with Crippen molar-refractivity contribution in [2.24, 2.45) is 0 Å². The molecule has 7 nitrogen and oxygen atoms in total. The molecule has 1 fully saturated rings. The third-order valence-corrected chi connectivity index (χ3v) is 8.23. The van der Waals surface area contributed by atoms with Crippen LogP contribution in [0.15, 0.2) is 30.3 Å². The number of aliphatic hydroxyl groups is 1. The molecule has 14 heteroatoms. The van der Waals surface area contributed by atoms with Crippen LogP contribution in [0.25, 0.3) is 10.1 Å². The Morgan fingerprint density at radius 2 is 1.89 bits per heavy atom. The van der Waals surface area contributed by atoms with E-state index in [0.29, 0.717) is 16.7 Å². The van der Waals surface area contributed by atoms with E-state index in [1.165, 1.54) is 0 Å². The number of anilines is 3. The van der Waals surface area contributed by atoms with E-state index in [0.717, 1.165) is 61.6 Å². The number of benzene rings is 2. The van der Waals surface area contributed by atoms with Gasteiger partial charge in [0.15, 0.2) is 5.75 Å². The molecule has 1 aliphatic heterocycles. The van der Waals surface area contributed by atoms with E-state index in [2.05, 4.69) is 37.4 Å². The van der Waals surface area contributed by atoms with E-state index in [1.807, 2.05) is 6.07 Å². The molecule has 0 saturated carbocycles. The molecule has 1 aliphatic rings. The molecule has 0 atom stereocenters. The van der Waals surface area contributed by atoms with Gasteiger partial charge >= 0.3 is 12.8 Å². The van der Waals surface area contributed by atoms with Crippen molar-refractivity contribution in [1.82, 2.24) is 4.90 Å². The minimum Gasteiger partial charge on any atom is -0.433 e. The molecule has 1 saturated heterocycles. The van der Waals surface area contributed by atoms with E-state index >= 15 is 0 Å². The number of alkyl halides is 5. The zero-order chi connectivity index (χ0) is 31.7. The smallest absolute Gasteiger partial charge is 0.393 e. The molecule has 1 aromatic heterocycles. The lowest BCUT2D eigenvalue weighted by atomic mass is 10.0. The quantitative estimate of drug-likeness (QED) is 0.132. The number of aliphatic hydroxyl groups excluding tert-OH is 1. The van der Waals surface area contributed by atoms with Gasteiger partial charge in [-0.15, -0.1) is 11.3 Å². The highest BCUT2D eigenvalue weighted by Gasteiger charge is 2.31. The predicted octanol–water partition coefficient (Wildman–Crippen LogP) is 6.14. The number of ether oxygens (including phenoxy) is 2. The van der Waals surface area contributed by atoms with Gasteiger partial charge in [0.25, 0.3) is 0 Å². The Morgan fingerprint density at radius 1 is 1.11 bits per heavy atom. The van der Waals surface area contributed by atoms with Crippen LogP contribution < -0.4 is 20.7 Å². The summed E-state index contributed by atoms with van der Waals surface area (Å²) in [4.78, 5) is 2.55. The maximum absolute atomic E-state index is 14.5. The number of rotatable bonds is 13. The fraction of sp³-hybridized carbons (Fsp3) is 0.467. The summed E-state index contributed by atoms with van der Waals surface area (Å²) in [6.07, 6.45) is -3.86. The number of hydrogen-bond donors (Lipinski definition) is 4. The molecule has 4 N–H and O–H groups in total. The Hall–Kier alpha value is -3.38. The van der Waals surface area contributed by atoms with Crippen LogP contribution in [0.3, 0.4) is 0 Å². The highest BCUT2D eigenvalue weighted by Crippen LogP contribution is 2.39. The highest BCUT2D eigenvalue weighted by atomic mass is 32.1. The largest absolute Gasteiger partial charge is 0.433 e. The molecule has 0 aliphatic carbocycles. The van der Waals surface area contributed by atoms with Gasteiger partial charge in [-0.25, -0.2) is 4.39 Å². The van der Waals surface area contributed by atoms with Gasteiger partial charge in [-0.3, -0.25) is 0 Å². The minimum atomic E-state index is -4.47. The topological polar surface area (TPSA) is 78.0 Å². The first kappa shape index (κ1) is 33.5. The number of nitrogens with zero attached hydrogens (tertiary/aromatic N) is 1. The van der Waals surface area contributed by atoms with Crippen molar-refractivity contribution in [1.29, 1.82) is 0 Å². The van der Waals surface area contributed by atoms with Crippen LogP contribution in [0.1, 0.15) is 23.3 Å². The summed E-state index contributed by atoms with van der Waals surface area (Å²) in [7, 11) is 1.67. The Labute approximate surface area is 255 Å². The van der Waals surface area contributed by atoms with E-state index in [9.17, 15) is 26.3 Å². The van der Waals surface area contributed by atoms with E-state index in [4.69, 9.17) is 9.84 Å². The number of piperidine rings is 1. The average molecular weight is 645 g/mol. The maximum atomic E-state index is 14.5. The molecule has 3 aromatic rings. The van der Waals surface area contributed by atoms with Crippen molar-refractivity contribution >= 4 is 38.5 Å². The van der Waals surface area contributed by atoms with Crippen LogP contribution in [0.2, 0.25) is 0 Å². The molecule has 0 radical (unpaired) electrons. The first-order chi connectivity index (χ1) is 21.1. The van der Waals surface area contributed by atoms with Gasteiger partial charge in [0, 0.05) is 51.5 Å². The third-order valence-electron chi connectivity index (χ3n) is 7.04. The summed E-state index contributed by atoms with van der Waals surface area (Å²) in [5.41, 5.74) is 0.555. The van der Waals surface area contributed by atoms with Crippen molar-refractivity contribution in [3.63, 3.8) is 0 Å². The van der Waals surface area contributed by atoms with Crippen LogP contribution in [0, 0.1) is 17.7 Å². The molecule has 2 aromatic carbocycles. The van der Waals surface area contributed by atoms with Crippen molar-refractivity contribution < 1.29 is 40.9 Å². The van der Waals surface area contributed by atoms with Gasteiger partial charge < -0.3 is 35.4 Å². The van der Waals surface area contributed by atoms with Crippen LogP contribution in [0.5, 0.6) is 5.75 Å². The number of nitrogens with one attached hydrogen (secondary N) is 3. The summed E-state index contributed by atoms with van der Waals surface area (Å²) >= 11 is 1.16. The van der Waals surface area contributed by atoms with Gasteiger partial charge in [0.2, 0.25) is 0 Å². The van der Waals surface area contributed by atoms with Gasteiger partial charge in [-0.1, -0.05) is 24.0 Å². The van der Waals surface area contributed by atoms with Crippen molar-refractivity contribution in [3.05, 3.63) is 46.6 Å². The first-order valence-electron chi connectivity index (χ1n) is 14.0. The number of halogens is 6. The molecular weight excluding hydrogens is 610 g/mol. The van der Waals surface area contributed by atoms with Gasteiger partial charge in [-0.2, -0.15) is 22.0 Å². The summed E-state index contributed by atoms with van der Waals surface area (Å²) in [5.74, 6) is 4.40. The first-order valence-corrected chi connectivity index (χ1v) is 14.8. The lowest BCUT2D eigenvalue weighted by Gasteiger charge is -2.32. The monoisotopic (exact) mass is 644 g/mol. The Bertz CT molecular complexity index is 1450. The molecule has 0 spiro atoms. The van der Waals surface area contributed by atoms with Crippen molar-refractivity contribution in [2.45, 2.75) is 38.1 Å². The fourth-order valence-electron chi connectivity index (χ4n) is 4.98. The standard InChI is InChI=1S/C30H34F6N4O3S/c1-42-15-13-40-11-7-19(8-12-40)39-23-5-2-4-20-21(18-30(34,35)36)27(44-28(20)23)6-3-9-37-25-16-22(31)24(38-10-14-41)17-26(25)43-29(32)33/h2,4-5,16-17,19,29,37-39,41H,7-15,18H2,1H3. The van der Waals surface area contributed by atoms with Crippen LogP contribution in [-0.2, 0) is 11.2 Å². The zero-order valence-electron chi connectivity index (χ0n) is 24.0. The lowest BCUT2D eigenvalue weighted by molar-refractivity contribution is -0.126. The molecule has 0 unspecified atom stereocenters. The molecule has 0 bridgehead atoms. The summed E-state index contributed by atoms with van der Waals surface area (Å²) in [5, 5.41) is 18.2. The van der Waals surface area contributed by atoms with Crippen LogP contribution in [0.4, 0.5) is 43.4 Å². The summed E-state index contributed by atoms with van der Waals surface area (Å²) < 4.78 is 91.6. The number of fused-ring (bicyclic) bond motifs is 1. The zero-order valence-corrected chi connectivity index (χ0v) is 24.8. The van der Waals surface area contributed by atoms with Crippen molar-refractivity contribution in [2.75, 3.05) is 69.0 Å². The Kier molecular flexibility index (Phi) is 11.9. The summed E-state index contributed by atoms with van der Waals surface area (Å²) in [6.45, 7) is -0.401. The van der Waals surface area contributed by atoms with Crippen LogP contribution >= 0.6 is 11.3 Å². The number of hydrogen-bond acceptors (Lipinski definition) is 8. The Morgan fingerprint density at radius 3 is 2.57 bits per heavy atom. The molecule has 240 valence electrons. The predicted molar refractivity (Wildman–Crippen MR) is 161 cm³/mol. The second kappa shape index (κ2) is 15.6. The maximum Gasteiger partial charge on any atom is 0.393 e. The van der Waals surface area contributed by atoms with Gasteiger partial charge in [-0.05, 0) is 29.9 Å². The van der Waals surface area contributed by atoms with E-state index in [1.54, 1.807) is 19.2 Å². The second-order valence-electron chi connectivity index (χ2n) is 10.1. The van der Waals surface area contributed by atoms with Gasteiger partial charge in [0.1, 0.15) is 5.82 Å². The van der Waals surface area contributed by atoms with Crippen molar-refractivity contribution in [3.8, 4) is 17.6 Å². The fourth-order valence-corrected chi connectivity index (χ4v) is 6.15.